The maximum Gasteiger partial charge on any atom is 0.317 e. The van der Waals surface area contributed by atoms with Crippen molar-refractivity contribution in [3.63, 3.8) is 0 Å². The van der Waals surface area contributed by atoms with Gasteiger partial charge >= 0.3 is 5.97 Å². The van der Waals surface area contributed by atoms with Crippen LogP contribution >= 0.6 is 11.6 Å². The fraction of sp³-hybridized carbons (Fsp3) is 0.238. The van der Waals surface area contributed by atoms with Gasteiger partial charge in [0.25, 0.3) is 0 Å². The van der Waals surface area contributed by atoms with Gasteiger partial charge in [0, 0.05) is 16.5 Å². The first-order chi connectivity index (χ1) is 12.9. The first-order valence-electron chi connectivity index (χ1n) is 8.53. The van der Waals surface area contributed by atoms with Crippen LogP contribution in [0.1, 0.15) is 30.4 Å². The molecule has 0 aromatic heterocycles. The van der Waals surface area contributed by atoms with Crippen molar-refractivity contribution in [3.05, 3.63) is 76.3 Å². The zero-order valence-corrected chi connectivity index (χ0v) is 15.3. The normalized spacial score (nSPS) is 19.6. The summed E-state index contributed by atoms with van der Waals surface area (Å²) in [7, 11) is 0. The molecule has 2 aromatic rings. The van der Waals surface area contributed by atoms with Crippen LogP contribution in [0.15, 0.2) is 48.5 Å². The molecule has 0 radical (unpaired) electrons. The number of halogens is 3. The Bertz CT molecular complexity index is 886. The molecule has 140 valence electrons. The van der Waals surface area contributed by atoms with Crippen molar-refractivity contribution in [3.8, 4) is 0 Å². The molecule has 0 heterocycles. The predicted octanol–water partition coefficient (Wildman–Crippen LogP) is 4.94. The highest BCUT2D eigenvalue weighted by Crippen LogP contribution is 2.43. The molecular formula is C21H17ClF2O3. The molecule has 2 aromatic carbocycles. The Hall–Kier alpha value is -2.53. The molecule has 0 aliphatic heterocycles. The Morgan fingerprint density at radius 3 is 2.52 bits per heavy atom. The molecule has 0 N–H and O–H groups in total. The minimum Gasteiger partial charge on any atom is -0.465 e. The third-order valence-electron chi connectivity index (χ3n) is 4.59. The van der Waals surface area contributed by atoms with Crippen molar-refractivity contribution in [2.45, 2.75) is 19.3 Å². The highest BCUT2D eigenvalue weighted by atomic mass is 35.5. The Morgan fingerprint density at radius 2 is 1.89 bits per heavy atom. The van der Waals surface area contributed by atoms with Gasteiger partial charge in [0.05, 0.1) is 6.61 Å². The lowest BCUT2D eigenvalue weighted by molar-refractivity contribution is -0.151. The SMILES string of the molecule is CCOC(=O)[C@@H]1C(=O)C=C(c2ccc(F)cc2)C[C@@H]1c1c(F)cccc1Cl. The zero-order valence-electron chi connectivity index (χ0n) is 14.5. The van der Waals surface area contributed by atoms with E-state index in [1.54, 1.807) is 19.1 Å². The first kappa shape index (κ1) is 19.2. The van der Waals surface area contributed by atoms with E-state index in [0.717, 1.165) is 0 Å². The van der Waals surface area contributed by atoms with Crippen LogP contribution in [0, 0.1) is 17.6 Å². The van der Waals surface area contributed by atoms with Gasteiger partial charge in [0.2, 0.25) is 0 Å². The highest BCUT2D eigenvalue weighted by Gasteiger charge is 2.41. The standard InChI is InChI=1S/C21H17ClF2O3/c1-2-27-21(26)20-15(19-16(22)4-3-5-17(19)24)10-13(11-18(20)25)12-6-8-14(23)9-7-12/h3-9,11,15,20H,2,10H2,1H3/t15-,20+/m1/s1. The van der Waals surface area contributed by atoms with Gasteiger partial charge in [-0.3, -0.25) is 9.59 Å². The van der Waals surface area contributed by atoms with Crippen LogP contribution in [-0.4, -0.2) is 18.4 Å². The van der Waals surface area contributed by atoms with E-state index in [4.69, 9.17) is 16.3 Å². The topological polar surface area (TPSA) is 43.4 Å². The molecule has 0 bridgehead atoms. The number of allylic oxidation sites excluding steroid dienone is 2. The Labute approximate surface area is 160 Å². The van der Waals surface area contributed by atoms with Gasteiger partial charge in [-0.15, -0.1) is 0 Å². The van der Waals surface area contributed by atoms with E-state index in [1.807, 2.05) is 0 Å². The number of esters is 1. The summed E-state index contributed by atoms with van der Waals surface area (Å²) in [5, 5.41) is 0.141. The van der Waals surface area contributed by atoms with Gasteiger partial charge in [-0.1, -0.05) is 29.8 Å². The van der Waals surface area contributed by atoms with Crippen LogP contribution in [0.3, 0.4) is 0 Å². The molecule has 1 aliphatic rings. The van der Waals surface area contributed by atoms with Crippen LogP contribution in [0.4, 0.5) is 8.78 Å². The van der Waals surface area contributed by atoms with E-state index in [2.05, 4.69) is 0 Å². The van der Waals surface area contributed by atoms with Gasteiger partial charge in [-0.25, -0.2) is 8.78 Å². The lowest BCUT2D eigenvalue weighted by Gasteiger charge is -2.30. The fourth-order valence-corrected chi connectivity index (χ4v) is 3.69. The molecule has 27 heavy (non-hydrogen) atoms. The lowest BCUT2D eigenvalue weighted by Crippen LogP contribution is -2.34. The second-order valence-electron chi connectivity index (χ2n) is 6.25. The van der Waals surface area contributed by atoms with Crippen LogP contribution in [0.25, 0.3) is 5.57 Å². The summed E-state index contributed by atoms with van der Waals surface area (Å²) < 4.78 is 32.8. The number of ketones is 1. The van der Waals surface area contributed by atoms with Gasteiger partial charge in [0.15, 0.2) is 5.78 Å². The number of ether oxygens (including phenoxy) is 1. The molecule has 0 amide bonds. The Morgan fingerprint density at radius 1 is 1.19 bits per heavy atom. The summed E-state index contributed by atoms with van der Waals surface area (Å²) in [5.41, 5.74) is 1.33. The van der Waals surface area contributed by atoms with Crippen molar-refractivity contribution in [1.82, 2.24) is 0 Å². The van der Waals surface area contributed by atoms with Crippen molar-refractivity contribution in [2.24, 2.45) is 5.92 Å². The summed E-state index contributed by atoms with van der Waals surface area (Å²) in [4.78, 5) is 25.2. The molecule has 0 spiro atoms. The maximum atomic E-state index is 14.6. The molecule has 0 fully saturated rings. The van der Waals surface area contributed by atoms with Crippen LogP contribution in [-0.2, 0) is 14.3 Å². The molecular weight excluding hydrogens is 374 g/mol. The summed E-state index contributed by atoms with van der Waals surface area (Å²) in [6, 6.07) is 9.86. The summed E-state index contributed by atoms with van der Waals surface area (Å²) in [6.45, 7) is 1.74. The quantitative estimate of drug-likeness (QED) is 0.548. The fourth-order valence-electron chi connectivity index (χ4n) is 3.38. The van der Waals surface area contributed by atoms with E-state index in [-0.39, 0.29) is 23.6 Å². The highest BCUT2D eigenvalue weighted by molar-refractivity contribution is 6.31. The largest absolute Gasteiger partial charge is 0.465 e. The zero-order chi connectivity index (χ0) is 19.6. The Balaban J connectivity index is 2.09. The van der Waals surface area contributed by atoms with Crippen molar-refractivity contribution in [1.29, 1.82) is 0 Å². The second kappa shape index (κ2) is 8.01. The summed E-state index contributed by atoms with van der Waals surface area (Å²) >= 11 is 6.20. The van der Waals surface area contributed by atoms with E-state index < -0.39 is 35.2 Å². The monoisotopic (exact) mass is 390 g/mol. The van der Waals surface area contributed by atoms with E-state index in [0.29, 0.717) is 11.1 Å². The third kappa shape index (κ3) is 3.93. The Kier molecular flexibility index (Phi) is 5.71. The minimum absolute atomic E-state index is 0.106. The minimum atomic E-state index is -1.18. The van der Waals surface area contributed by atoms with Gasteiger partial charge < -0.3 is 4.74 Å². The number of rotatable bonds is 4. The first-order valence-corrected chi connectivity index (χ1v) is 8.91. The number of carbonyl (C=O) groups is 2. The van der Waals surface area contributed by atoms with Crippen molar-refractivity contribution in [2.75, 3.05) is 6.61 Å². The van der Waals surface area contributed by atoms with Crippen molar-refractivity contribution < 1.29 is 23.1 Å². The molecule has 1 aliphatic carbocycles. The lowest BCUT2D eigenvalue weighted by atomic mass is 9.73. The second-order valence-corrected chi connectivity index (χ2v) is 6.66. The van der Waals surface area contributed by atoms with Crippen LogP contribution < -0.4 is 0 Å². The average molecular weight is 391 g/mol. The van der Waals surface area contributed by atoms with E-state index in [9.17, 15) is 18.4 Å². The van der Waals surface area contributed by atoms with E-state index >= 15 is 0 Å². The van der Waals surface area contributed by atoms with Crippen LogP contribution in [0.5, 0.6) is 0 Å². The van der Waals surface area contributed by atoms with Crippen molar-refractivity contribution >= 4 is 28.9 Å². The third-order valence-corrected chi connectivity index (χ3v) is 4.92. The maximum absolute atomic E-state index is 14.6. The van der Waals surface area contributed by atoms with Crippen LogP contribution in [0.2, 0.25) is 5.02 Å². The van der Waals surface area contributed by atoms with Gasteiger partial charge in [-0.2, -0.15) is 0 Å². The van der Waals surface area contributed by atoms with Gasteiger partial charge in [0.1, 0.15) is 17.6 Å². The smallest absolute Gasteiger partial charge is 0.317 e. The number of hydrogen-bond acceptors (Lipinski definition) is 3. The summed E-state index contributed by atoms with van der Waals surface area (Å²) in [6.07, 6.45) is 1.54. The van der Waals surface area contributed by atoms with Gasteiger partial charge in [-0.05, 0) is 54.8 Å². The summed E-state index contributed by atoms with van der Waals surface area (Å²) in [5.74, 6) is -4.17. The molecule has 0 saturated heterocycles. The molecule has 2 atom stereocenters. The molecule has 3 rings (SSSR count). The number of benzene rings is 2. The molecule has 6 heteroatoms. The molecule has 0 unspecified atom stereocenters. The molecule has 0 saturated carbocycles. The number of hydrogen-bond donors (Lipinski definition) is 0. The number of carbonyl (C=O) groups excluding carboxylic acids is 2. The molecule has 3 nitrogen and oxygen atoms in total. The van der Waals surface area contributed by atoms with E-state index in [1.165, 1.54) is 36.4 Å². The average Bonchev–Trinajstić information content (AvgIpc) is 2.62. The predicted molar refractivity (Wildman–Crippen MR) is 98.3 cm³/mol.